The lowest BCUT2D eigenvalue weighted by molar-refractivity contribution is 0.0693. The van der Waals surface area contributed by atoms with Gasteiger partial charge in [0.25, 0.3) is 5.56 Å². The molecule has 7 heteroatoms. The topological polar surface area (TPSA) is 101 Å². The Morgan fingerprint density at radius 2 is 1.95 bits per heavy atom. The highest BCUT2D eigenvalue weighted by atomic mass is 16.5. The fourth-order valence-electron chi connectivity index (χ4n) is 1.61. The van der Waals surface area contributed by atoms with Crippen molar-refractivity contribution in [1.82, 2.24) is 9.55 Å². The lowest BCUT2D eigenvalue weighted by Gasteiger charge is -2.08. The lowest BCUT2D eigenvalue weighted by Crippen LogP contribution is -2.34. The summed E-state index contributed by atoms with van der Waals surface area (Å²) in [5, 5.41) is 8.82. The number of H-pyrrole nitrogens is 1. The molecule has 0 aliphatic heterocycles. The van der Waals surface area contributed by atoms with Crippen molar-refractivity contribution >= 4 is 5.97 Å². The molecule has 1 heterocycles. The van der Waals surface area contributed by atoms with Crippen molar-refractivity contribution in [2.75, 3.05) is 6.61 Å². The van der Waals surface area contributed by atoms with Crippen LogP contribution in [0.4, 0.5) is 0 Å². The minimum atomic E-state index is -1.39. The van der Waals surface area contributed by atoms with E-state index in [0.29, 0.717) is 5.75 Å². The zero-order valence-electron chi connectivity index (χ0n) is 10.4. The van der Waals surface area contributed by atoms with Gasteiger partial charge in [-0.2, -0.15) is 0 Å². The zero-order chi connectivity index (χ0) is 14.5. The third-order valence-corrected chi connectivity index (χ3v) is 2.59. The average Bonchev–Trinajstić information content (AvgIpc) is 2.42. The van der Waals surface area contributed by atoms with Crippen LogP contribution in [0.15, 0.2) is 46.1 Å². The molecule has 2 rings (SSSR count). The first-order valence-corrected chi connectivity index (χ1v) is 5.83. The highest BCUT2D eigenvalue weighted by Crippen LogP contribution is 2.07. The lowest BCUT2D eigenvalue weighted by atomic mass is 10.3. The van der Waals surface area contributed by atoms with Gasteiger partial charge in [-0.25, -0.2) is 9.59 Å². The van der Waals surface area contributed by atoms with Crippen molar-refractivity contribution in [2.24, 2.45) is 0 Å². The highest BCUT2D eigenvalue weighted by Gasteiger charge is 2.11. The Labute approximate surface area is 113 Å². The number of carbonyl (C=O) groups is 1. The van der Waals surface area contributed by atoms with Gasteiger partial charge in [-0.05, 0) is 12.1 Å². The minimum absolute atomic E-state index is 0.130. The number of nitrogens with one attached hydrogen (secondary N) is 1. The first-order chi connectivity index (χ1) is 9.58. The Kier molecular flexibility index (Phi) is 3.99. The smallest absolute Gasteiger partial charge is 0.342 e. The predicted octanol–water partition coefficient (Wildman–Crippen LogP) is 0.314. The zero-order valence-corrected chi connectivity index (χ0v) is 10.4. The molecule has 2 N–H and O–H groups in total. The number of ether oxygens (including phenoxy) is 1. The maximum atomic E-state index is 11.5. The van der Waals surface area contributed by atoms with Crippen LogP contribution < -0.4 is 16.0 Å². The molecule has 2 aromatic rings. The number of hydrogen-bond acceptors (Lipinski definition) is 4. The minimum Gasteiger partial charge on any atom is -0.492 e. The summed E-state index contributed by atoms with van der Waals surface area (Å²) >= 11 is 0. The van der Waals surface area contributed by atoms with Crippen molar-refractivity contribution in [3.8, 4) is 5.75 Å². The number of aromatic amines is 1. The fraction of sp³-hybridized carbons (Fsp3) is 0.154. The molecule has 0 amide bonds. The van der Waals surface area contributed by atoms with Gasteiger partial charge in [-0.3, -0.25) is 14.3 Å². The van der Waals surface area contributed by atoms with Gasteiger partial charge in [-0.15, -0.1) is 0 Å². The molecule has 1 aromatic carbocycles. The summed E-state index contributed by atoms with van der Waals surface area (Å²) in [4.78, 5) is 35.5. The number of benzene rings is 1. The molecule has 7 nitrogen and oxygen atoms in total. The molecule has 0 aliphatic rings. The summed E-state index contributed by atoms with van der Waals surface area (Å²) in [6.45, 7) is 0.305. The second kappa shape index (κ2) is 5.87. The Morgan fingerprint density at radius 1 is 1.25 bits per heavy atom. The monoisotopic (exact) mass is 276 g/mol. The Balaban J connectivity index is 2.10. The number of hydrogen-bond donors (Lipinski definition) is 2. The first kappa shape index (κ1) is 13.6. The fourth-order valence-corrected chi connectivity index (χ4v) is 1.61. The number of para-hydroxylation sites is 1. The van der Waals surface area contributed by atoms with E-state index < -0.39 is 22.8 Å². The molecule has 104 valence electrons. The Bertz CT molecular complexity index is 718. The summed E-state index contributed by atoms with van der Waals surface area (Å²) in [7, 11) is 0. The van der Waals surface area contributed by atoms with E-state index in [-0.39, 0.29) is 13.2 Å². The third-order valence-electron chi connectivity index (χ3n) is 2.59. The van der Waals surface area contributed by atoms with Crippen LogP contribution in [0, 0.1) is 0 Å². The van der Waals surface area contributed by atoms with Gasteiger partial charge in [0.05, 0.1) is 6.54 Å². The van der Waals surface area contributed by atoms with Crippen LogP contribution in [0.25, 0.3) is 0 Å². The van der Waals surface area contributed by atoms with Crippen molar-refractivity contribution < 1.29 is 14.6 Å². The van der Waals surface area contributed by atoms with Gasteiger partial charge in [0.2, 0.25) is 0 Å². The van der Waals surface area contributed by atoms with E-state index in [4.69, 9.17) is 9.84 Å². The molecule has 1 aromatic heterocycles. The molecule has 0 atom stereocenters. The molecule has 0 saturated carbocycles. The summed E-state index contributed by atoms with van der Waals surface area (Å²) in [6.07, 6.45) is 1.01. The van der Waals surface area contributed by atoms with E-state index in [9.17, 15) is 14.4 Å². The van der Waals surface area contributed by atoms with E-state index in [1.807, 2.05) is 23.2 Å². The van der Waals surface area contributed by atoms with Crippen molar-refractivity contribution in [3.05, 3.63) is 62.9 Å². The standard InChI is InChI=1S/C13H12N2O5/c16-11-10(12(17)18)8-15(13(19)14-11)6-7-20-9-4-2-1-3-5-9/h1-5,8H,6-7H2,(H,17,18)(H,14,16,19). The van der Waals surface area contributed by atoms with E-state index in [1.54, 1.807) is 12.1 Å². The molecule has 0 radical (unpaired) electrons. The van der Waals surface area contributed by atoms with Crippen molar-refractivity contribution in [3.63, 3.8) is 0 Å². The van der Waals surface area contributed by atoms with Gasteiger partial charge in [0, 0.05) is 6.20 Å². The van der Waals surface area contributed by atoms with Gasteiger partial charge < -0.3 is 9.84 Å². The second-order valence-corrected chi connectivity index (χ2v) is 3.96. The summed E-state index contributed by atoms with van der Waals surface area (Å²) in [5.41, 5.74) is -2.07. The number of aromatic carboxylic acids is 1. The van der Waals surface area contributed by atoms with E-state index in [1.165, 1.54) is 0 Å². The largest absolute Gasteiger partial charge is 0.492 e. The molecule has 0 unspecified atom stereocenters. The Morgan fingerprint density at radius 3 is 2.60 bits per heavy atom. The summed E-state index contributed by atoms with van der Waals surface area (Å²) in [6, 6.07) is 8.99. The van der Waals surface area contributed by atoms with Crippen LogP contribution in [0.2, 0.25) is 0 Å². The number of rotatable bonds is 5. The summed E-state index contributed by atoms with van der Waals surface area (Å²) in [5.74, 6) is -0.743. The second-order valence-electron chi connectivity index (χ2n) is 3.96. The van der Waals surface area contributed by atoms with Gasteiger partial charge >= 0.3 is 11.7 Å². The number of carboxylic acids is 1. The maximum Gasteiger partial charge on any atom is 0.342 e. The van der Waals surface area contributed by atoms with Crippen LogP contribution in [0.3, 0.4) is 0 Å². The van der Waals surface area contributed by atoms with Gasteiger partial charge in [-0.1, -0.05) is 18.2 Å². The molecule has 0 bridgehead atoms. The van der Waals surface area contributed by atoms with Crippen LogP contribution in [0.5, 0.6) is 5.75 Å². The maximum absolute atomic E-state index is 11.5. The SMILES string of the molecule is O=C(O)c1cn(CCOc2ccccc2)c(=O)[nH]c1=O. The number of nitrogens with zero attached hydrogens (tertiary/aromatic N) is 1. The van der Waals surface area contributed by atoms with Gasteiger partial charge in [0.15, 0.2) is 0 Å². The third kappa shape index (κ3) is 3.14. The van der Waals surface area contributed by atoms with E-state index in [0.717, 1.165) is 10.8 Å². The molecular weight excluding hydrogens is 264 g/mol. The number of aromatic nitrogens is 2. The number of carboxylic acid groups (broad SMARTS) is 1. The van der Waals surface area contributed by atoms with Crippen LogP contribution >= 0.6 is 0 Å². The molecule has 20 heavy (non-hydrogen) atoms. The predicted molar refractivity (Wildman–Crippen MR) is 70.2 cm³/mol. The van der Waals surface area contributed by atoms with Crippen molar-refractivity contribution in [1.29, 1.82) is 0 Å². The molecular formula is C13H12N2O5. The molecule has 0 fully saturated rings. The van der Waals surface area contributed by atoms with Crippen LogP contribution in [-0.4, -0.2) is 27.2 Å². The highest BCUT2D eigenvalue weighted by molar-refractivity contribution is 5.86. The quantitative estimate of drug-likeness (QED) is 0.818. The van der Waals surface area contributed by atoms with E-state index in [2.05, 4.69) is 0 Å². The summed E-state index contributed by atoms with van der Waals surface area (Å²) < 4.78 is 6.49. The molecule has 0 spiro atoms. The first-order valence-electron chi connectivity index (χ1n) is 5.83. The molecule has 0 saturated heterocycles. The van der Waals surface area contributed by atoms with Crippen molar-refractivity contribution in [2.45, 2.75) is 6.54 Å². The van der Waals surface area contributed by atoms with Crippen LogP contribution in [-0.2, 0) is 6.54 Å². The van der Waals surface area contributed by atoms with Gasteiger partial charge in [0.1, 0.15) is 17.9 Å². The molecule has 0 aliphatic carbocycles. The van der Waals surface area contributed by atoms with E-state index >= 15 is 0 Å². The van der Waals surface area contributed by atoms with Crippen LogP contribution in [0.1, 0.15) is 10.4 Å². The average molecular weight is 276 g/mol. The Hall–Kier alpha value is -2.83. The normalized spacial score (nSPS) is 10.2.